The normalized spacial score (nSPS) is 10.6. The van der Waals surface area contributed by atoms with Gasteiger partial charge in [0.15, 0.2) is 0 Å². The number of aryl methyl sites for hydroxylation is 2. The van der Waals surface area contributed by atoms with Crippen LogP contribution in [0.5, 0.6) is 0 Å². The van der Waals surface area contributed by atoms with Gasteiger partial charge in [0.1, 0.15) is 0 Å². The van der Waals surface area contributed by atoms with Crippen LogP contribution in [-0.2, 0) is 6.42 Å². The van der Waals surface area contributed by atoms with E-state index in [1.165, 1.54) is 40.5 Å². The molecule has 0 radical (unpaired) electrons. The van der Waals surface area contributed by atoms with Crippen LogP contribution in [0.3, 0.4) is 0 Å². The maximum atomic E-state index is 6.10. The van der Waals surface area contributed by atoms with Crippen molar-refractivity contribution in [2.24, 2.45) is 0 Å². The first-order valence-electron chi connectivity index (χ1n) is 8.47. The molecule has 0 saturated heterocycles. The maximum Gasteiger partial charge on any atom is 0.0813 e. The Kier molecular flexibility index (Phi) is 5.61. The molecule has 0 aliphatic carbocycles. The lowest BCUT2D eigenvalue weighted by Crippen LogP contribution is -1.85. The lowest BCUT2D eigenvalue weighted by molar-refractivity contribution is 0.717. The Morgan fingerprint density at radius 1 is 1.00 bits per heavy atom. The van der Waals surface area contributed by atoms with Crippen LogP contribution >= 0.6 is 22.9 Å². The number of unbranched alkanes of at least 4 members (excludes halogenated alkanes) is 2. The summed E-state index contributed by atoms with van der Waals surface area (Å²) in [5.41, 5.74) is 3.70. The quantitative estimate of drug-likeness (QED) is 0.350. The van der Waals surface area contributed by atoms with Crippen molar-refractivity contribution in [3.63, 3.8) is 0 Å². The molecule has 0 aliphatic heterocycles. The van der Waals surface area contributed by atoms with Crippen LogP contribution in [-0.4, -0.2) is 0 Å². The van der Waals surface area contributed by atoms with Crippen molar-refractivity contribution >= 4 is 33.0 Å². The number of halogens is 1. The summed E-state index contributed by atoms with van der Waals surface area (Å²) in [7, 11) is 0. The molecule has 0 fully saturated rings. The van der Waals surface area contributed by atoms with Crippen molar-refractivity contribution in [2.45, 2.75) is 39.5 Å². The molecule has 3 rings (SSSR count). The molecular formula is C22H21ClS. The minimum Gasteiger partial charge on any atom is -0.126 e. The summed E-state index contributed by atoms with van der Waals surface area (Å²) in [6.45, 7) is 4.36. The molecule has 0 atom stereocenters. The number of benzene rings is 2. The first kappa shape index (κ1) is 17.1. The van der Waals surface area contributed by atoms with Gasteiger partial charge in [-0.2, -0.15) is 0 Å². The molecule has 0 unspecified atom stereocenters. The molecule has 122 valence electrons. The van der Waals surface area contributed by atoms with E-state index in [2.05, 4.69) is 56.0 Å². The Bertz CT molecular complexity index is 891. The molecule has 24 heavy (non-hydrogen) atoms. The average Bonchev–Trinajstić information content (AvgIpc) is 2.90. The Morgan fingerprint density at radius 2 is 1.79 bits per heavy atom. The molecule has 3 aromatic rings. The number of hydrogen-bond acceptors (Lipinski definition) is 1. The van der Waals surface area contributed by atoms with Gasteiger partial charge in [0, 0.05) is 15.3 Å². The summed E-state index contributed by atoms with van der Waals surface area (Å²) < 4.78 is 1.24. The molecule has 1 aromatic heterocycles. The largest absolute Gasteiger partial charge is 0.126 e. The minimum atomic E-state index is 0.779. The van der Waals surface area contributed by atoms with Crippen LogP contribution in [0.25, 0.3) is 10.1 Å². The SMILES string of the molecule is CCCCCc1ccc(C#Cc2sc3ccc(Cl)cc3c2C)cc1. The van der Waals surface area contributed by atoms with E-state index in [-0.39, 0.29) is 0 Å². The van der Waals surface area contributed by atoms with Crippen molar-refractivity contribution in [1.29, 1.82) is 0 Å². The third-order valence-corrected chi connectivity index (χ3v) is 5.66. The van der Waals surface area contributed by atoms with E-state index in [9.17, 15) is 0 Å². The van der Waals surface area contributed by atoms with Gasteiger partial charge in [0.05, 0.1) is 4.88 Å². The number of fused-ring (bicyclic) bond motifs is 1. The van der Waals surface area contributed by atoms with Gasteiger partial charge in [0.25, 0.3) is 0 Å². The van der Waals surface area contributed by atoms with E-state index < -0.39 is 0 Å². The van der Waals surface area contributed by atoms with Crippen molar-refractivity contribution in [2.75, 3.05) is 0 Å². The highest BCUT2D eigenvalue weighted by Gasteiger charge is 2.06. The molecule has 0 aliphatic rings. The van der Waals surface area contributed by atoms with E-state index >= 15 is 0 Å². The lowest BCUT2D eigenvalue weighted by atomic mass is 10.1. The second kappa shape index (κ2) is 7.88. The molecule has 0 spiro atoms. The highest BCUT2D eigenvalue weighted by Crippen LogP contribution is 2.32. The number of hydrogen-bond donors (Lipinski definition) is 0. The first-order chi connectivity index (χ1) is 11.7. The van der Waals surface area contributed by atoms with Gasteiger partial charge in [-0.3, -0.25) is 0 Å². The summed E-state index contributed by atoms with van der Waals surface area (Å²) in [4.78, 5) is 1.12. The van der Waals surface area contributed by atoms with Crippen LogP contribution in [0.4, 0.5) is 0 Å². The standard InChI is InChI=1S/C22H21ClS/c1-3-4-5-6-17-7-9-18(10-8-17)11-13-21-16(2)20-15-19(23)12-14-22(20)24-21/h7-10,12,14-15H,3-6H2,1-2H3. The van der Waals surface area contributed by atoms with Gasteiger partial charge in [-0.05, 0) is 66.6 Å². The highest BCUT2D eigenvalue weighted by atomic mass is 35.5. The van der Waals surface area contributed by atoms with Gasteiger partial charge in [-0.25, -0.2) is 0 Å². The van der Waals surface area contributed by atoms with Crippen LogP contribution in [0, 0.1) is 18.8 Å². The van der Waals surface area contributed by atoms with Crippen LogP contribution in [0.1, 0.15) is 47.8 Å². The summed E-state index contributed by atoms with van der Waals surface area (Å²) >= 11 is 7.84. The average molecular weight is 353 g/mol. The molecule has 0 amide bonds. The summed E-state index contributed by atoms with van der Waals surface area (Å²) in [5.74, 6) is 6.63. The first-order valence-corrected chi connectivity index (χ1v) is 9.66. The molecule has 0 N–H and O–H groups in total. The van der Waals surface area contributed by atoms with E-state index in [1.807, 2.05) is 12.1 Å². The highest BCUT2D eigenvalue weighted by molar-refractivity contribution is 7.19. The fourth-order valence-corrected chi connectivity index (χ4v) is 3.99. The molecular weight excluding hydrogens is 332 g/mol. The Labute approximate surface area is 153 Å². The summed E-state index contributed by atoms with van der Waals surface area (Å²) in [5, 5.41) is 1.99. The fraction of sp³-hybridized carbons (Fsp3) is 0.273. The van der Waals surface area contributed by atoms with Crippen molar-refractivity contribution in [3.05, 3.63) is 69.1 Å². The van der Waals surface area contributed by atoms with E-state index in [0.29, 0.717) is 0 Å². The van der Waals surface area contributed by atoms with E-state index in [4.69, 9.17) is 11.6 Å². The molecule has 0 bridgehead atoms. The third-order valence-electron chi connectivity index (χ3n) is 4.24. The van der Waals surface area contributed by atoms with Crippen LogP contribution in [0.2, 0.25) is 5.02 Å². The number of thiophene rings is 1. The zero-order chi connectivity index (χ0) is 16.9. The zero-order valence-electron chi connectivity index (χ0n) is 14.2. The van der Waals surface area contributed by atoms with Crippen molar-refractivity contribution in [3.8, 4) is 11.8 Å². The molecule has 2 heteroatoms. The zero-order valence-corrected chi connectivity index (χ0v) is 15.7. The van der Waals surface area contributed by atoms with Gasteiger partial charge in [-0.1, -0.05) is 55.3 Å². The second-order valence-corrected chi connectivity index (χ2v) is 7.59. The Hall–Kier alpha value is -1.75. The lowest BCUT2D eigenvalue weighted by Gasteiger charge is -2.00. The van der Waals surface area contributed by atoms with Crippen LogP contribution < -0.4 is 0 Å². The van der Waals surface area contributed by atoms with Crippen molar-refractivity contribution in [1.82, 2.24) is 0 Å². The smallest absolute Gasteiger partial charge is 0.0813 e. The maximum absolute atomic E-state index is 6.10. The fourth-order valence-electron chi connectivity index (χ4n) is 2.78. The summed E-state index contributed by atoms with van der Waals surface area (Å²) in [6.07, 6.45) is 5.00. The predicted molar refractivity (Wildman–Crippen MR) is 107 cm³/mol. The number of rotatable bonds is 4. The van der Waals surface area contributed by atoms with E-state index in [1.54, 1.807) is 11.3 Å². The molecule has 0 nitrogen and oxygen atoms in total. The Morgan fingerprint density at radius 3 is 2.54 bits per heavy atom. The van der Waals surface area contributed by atoms with Gasteiger partial charge in [-0.15, -0.1) is 11.3 Å². The van der Waals surface area contributed by atoms with Gasteiger partial charge >= 0.3 is 0 Å². The van der Waals surface area contributed by atoms with Gasteiger partial charge < -0.3 is 0 Å². The summed E-state index contributed by atoms with van der Waals surface area (Å²) in [6, 6.07) is 14.7. The molecule has 1 heterocycles. The monoisotopic (exact) mass is 352 g/mol. The third kappa shape index (κ3) is 4.01. The van der Waals surface area contributed by atoms with Crippen LogP contribution in [0.15, 0.2) is 42.5 Å². The Balaban J connectivity index is 1.78. The van der Waals surface area contributed by atoms with Crippen molar-refractivity contribution < 1.29 is 0 Å². The van der Waals surface area contributed by atoms with E-state index in [0.717, 1.165) is 21.9 Å². The topological polar surface area (TPSA) is 0 Å². The molecule has 2 aromatic carbocycles. The van der Waals surface area contributed by atoms with Gasteiger partial charge in [0.2, 0.25) is 0 Å². The predicted octanol–water partition coefficient (Wildman–Crippen LogP) is 7.00. The minimum absolute atomic E-state index is 0.779. The molecule has 0 saturated carbocycles. The second-order valence-electron chi connectivity index (χ2n) is 6.10.